The number of nitrogens with one attached hydrogen (secondary N) is 1. The molecule has 2 atom stereocenters. The van der Waals surface area contributed by atoms with E-state index in [1.807, 2.05) is 23.6 Å². The van der Waals surface area contributed by atoms with Gasteiger partial charge in [0.15, 0.2) is 0 Å². The van der Waals surface area contributed by atoms with Crippen LogP contribution in [0.25, 0.3) is 10.6 Å². The molecule has 0 radical (unpaired) electrons. The Kier molecular flexibility index (Phi) is 6.02. The molecule has 0 saturated heterocycles. The lowest BCUT2D eigenvalue weighted by molar-refractivity contribution is -0.121. The monoisotopic (exact) mass is 342 g/mol. The van der Waals surface area contributed by atoms with Gasteiger partial charge >= 0.3 is 0 Å². The zero-order valence-corrected chi connectivity index (χ0v) is 15.1. The molecule has 0 bridgehead atoms. The lowest BCUT2D eigenvalue weighted by atomic mass is 9.96. The van der Waals surface area contributed by atoms with Crippen molar-refractivity contribution >= 4 is 17.2 Å². The van der Waals surface area contributed by atoms with Crippen LogP contribution in [0.2, 0.25) is 0 Å². The summed E-state index contributed by atoms with van der Waals surface area (Å²) >= 11 is 1.61. The Hall–Kier alpha value is -1.68. The maximum absolute atomic E-state index is 12.4. The highest BCUT2D eigenvalue weighted by atomic mass is 32.1. The number of amides is 1. The molecular formula is C20H26N2OS. The van der Waals surface area contributed by atoms with Crippen molar-refractivity contribution in [3.8, 4) is 10.6 Å². The van der Waals surface area contributed by atoms with Gasteiger partial charge in [-0.2, -0.15) is 0 Å². The molecule has 2 aromatic rings. The third-order valence-electron chi connectivity index (χ3n) is 4.85. The van der Waals surface area contributed by atoms with E-state index in [0.717, 1.165) is 22.7 Å². The fraction of sp³-hybridized carbons (Fsp3) is 0.500. The quantitative estimate of drug-likeness (QED) is 0.783. The van der Waals surface area contributed by atoms with Crippen molar-refractivity contribution in [3.05, 3.63) is 41.4 Å². The van der Waals surface area contributed by atoms with Crippen LogP contribution in [0.1, 0.15) is 51.1 Å². The second-order valence-electron chi connectivity index (χ2n) is 6.69. The highest BCUT2D eigenvalue weighted by Gasteiger charge is 2.27. The van der Waals surface area contributed by atoms with Crippen molar-refractivity contribution in [2.24, 2.45) is 5.92 Å². The molecule has 3 rings (SSSR count). The van der Waals surface area contributed by atoms with Gasteiger partial charge in [-0.15, -0.1) is 11.3 Å². The van der Waals surface area contributed by atoms with Gasteiger partial charge in [0.1, 0.15) is 5.01 Å². The molecular weight excluding hydrogens is 316 g/mol. The van der Waals surface area contributed by atoms with E-state index in [9.17, 15) is 4.79 Å². The zero-order valence-electron chi connectivity index (χ0n) is 14.3. The molecule has 3 nitrogen and oxygen atoms in total. The molecule has 0 aliphatic heterocycles. The fourth-order valence-corrected chi connectivity index (χ4v) is 4.39. The molecule has 1 saturated carbocycles. The standard InChI is InChI=1S/C20H26N2OS/c1-2-3-8-15-11-7-12-18(15)22-19(23)13-17-14-24-20(21-17)16-9-5-4-6-10-16/h4-6,9-10,14-15,18H,2-3,7-8,11-13H2,1H3,(H,22,23). The van der Waals surface area contributed by atoms with Gasteiger partial charge in [0.05, 0.1) is 12.1 Å². The summed E-state index contributed by atoms with van der Waals surface area (Å²) in [5.41, 5.74) is 1.99. The Labute approximate surface area is 148 Å². The number of benzene rings is 1. The molecule has 1 fully saturated rings. The topological polar surface area (TPSA) is 42.0 Å². The number of hydrogen-bond donors (Lipinski definition) is 1. The van der Waals surface area contributed by atoms with Crippen LogP contribution in [0.15, 0.2) is 35.7 Å². The molecule has 1 aromatic carbocycles. The lowest BCUT2D eigenvalue weighted by Crippen LogP contribution is -2.38. The molecule has 2 unspecified atom stereocenters. The predicted octanol–water partition coefficient (Wildman–Crippen LogP) is 4.83. The largest absolute Gasteiger partial charge is 0.353 e. The molecule has 1 aromatic heterocycles. The minimum Gasteiger partial charge on any atom is -0.353 e. The van der Waals surface area contributed by atoms with Gasteiger partial charge in [0.2, 0.25) is 5.91 Å². The SMILES string of the molecule is CCCCC1CCCC1NC(=O)Cc1csc(-c2ccccc2)n1. The number of unbranched alkanes of at least 4 members (excludes halogenated alkanes) is 1. The summed E-state index contributed by atoms with van der Waals surface area (Å²) in [5.74, 6) is 0.789. The number of thiazole rings is 1. The third kappa shape index (κ3) is 4.44. The van der Waals surface area contributed by atoms with Gasteiger partial charge in [-0.1, -0.05) is 56.5 Å². The van der Waals surface area contributed by atoms with Crippen LogP contribution in [0.5, 0.6) is 0 Å². The molecule has 1 N–H and O–H groups in total. The fourth-order valence-electron chi connectivity index (χ4n) is 3.56. The van der Waals surface area contributed by atoms with Gasteiger partial charge in [0.25, 0.3) is 0 Å². The van der Waals surface area contributed by atoms with E-state index < -0.39 is 0 Å². The van der Waals surface area contributed by atoms with Crippen LogP contribution in [0.3, 0.4) is 0 Å². The van der Waals surface area contributed by atoms with Gasteiger partial charge in [-0.25, -0.2) is 4.98 Å². The highest BCUT2D eigenvalue weighted by Crippen LogP contribution is 2.30. The summed E-state index contributed by atoms with van der Waals surface area (Å²) in [6.07, 6.45) is 7.78. The molecule has 0 spiro atoms. The average Bonchev–Trinajstić information content (AvgIpc) is 3.23. The summed E-state index contributed by atoms with van der Waals surface area (Å²) in [6, 6.07) is 10.5. The van der Waals surface area contributed by atoms with Crippen molar-refractivity contribution in [3.63, 3.8) is 0 Å². The smallest absolute Gasteiger partial charge is 0.226 e. The van der Waals surface area contributed by atoms with Crippen molar-refractivity contribution in [2.45, 2.75) is 57.9 Å². The Morgan fingerprint density at radius 1 is 1.29 bits per heavy atom. The highest BCUT2D eigenvalue weighted by molar-refractivity contribution is 7.13. The van der Waals surface area contributed by atoms with E-state index in [4.69, 9.17) is 0 Å². The van der Waals surface area contributed by atoms with Crippen molar-refractivity contribution in [2.75, 3.05) is 0 Å². The number of carbonyl (C=O) groups excluding carboxylic acids is 1. The van der Waals surface area contributed by atoms with E-state index in [-0.39, 0.29) is 5.91 Å². The van der Waals surface area contributed by atoms with Crippen molar-refractivity contribution in [1.29, 1.82) is 0 Å². The molecule has 1 heterocycles. The second kappa shape index (κ2) is 8.43. The number of hydrogen-bond acceptors (Lipinski definition) is 3. The molecule has 128 valence electrons. The van der Waals surface area contributed by atoms with Crippen LogP contribution in [0, 0.1) is 5.92 Å². The second-order valence-corrected chi connectivity index (χ2v) is 7.55. The summed E-state index contributed by atoms with van der Waals surface area (Å²) < 4.78 is 0. The average molecular weight is 343 g/mol. The Balaban J connectivity index is 1.54. The first-order chi connectivity index (χ1) is 11.8. The van der Waals surface area contributed by atoms with Crippen LogP contribution >= 0.6 is 11.3 Å². The number of nitrogens with zero attached hydrogens (tertiary/aromatic N) is 1. The van der Waals surface area contributed by atoms with Crippen molar-refractivity contribution < 1.29 is 4.79 Å². The summed E-state index contributed by atoms with van der Waals surface area (Å²) in [4.78, 5) is 17.0. The van der Waals surface area contributed by atoms with Crippen molar-refractivity contribution in [1.82, 2.24) is 10.3 Å². The molecule has 24 heavy (non-hydrogen) atoms. The van der Waals surface area contributed by atoms with E-state index in [0.29, 0.717) is 18.4 Å². The van der Waals surface area contributed by atoms with Crippen LogP contribution < -0.4 is 5.32 Å². The maximum Gasteiger partial charge on any atom is 0.226 e. The first kappa shape index (κ1) is 17.2. The van der Waals surface area contributed by atoms with Crippen LogP contribution in [-0.4, -0.2) is 16.9 Å². The van der Waals surface area contributed by atoms with E-state index >= 15 is 0 Å². The Bertz CT molecular complexity index is 653. The maximum atomic E-state index is 12.4. The molecule has 1 amide bonds. The van der Waals surface area contributed by atoms with Crippen LogP contribution in [-0.2, 0) is 11.2 Å². The molecule has 1 aliphatic rings. The van der Waals surface area contributed by atoms with E-state index in [1.165, 1.54) is 32.1 Å². The van der Waals surface area contributed by atoms with Crippen LogP contribution in [0.4, 0.5) is 0 Å². The van der Waals surface area contributed by atoms with Gasteiger partial charge in [-0.05, 0) is 25.2 Å². The lowest BCUT2D eigenvalue weighted by Gasteiger charge is -2.20. The first-order valence-corrected chi connectivity index (χ1v) is 9.93. The third-order valence-corrected chi connectivity index (χ3v) is 5.79. The minimum atomic E-state index is 0.119. The van der Waals surface area contributed by atoms with E-state index in [2.05, 4.69) is 29.4 Å². The Morgan fingerprint density at radius 2 is 2.12 bits per heavy atom. The summed E-state index contributed by atoms with van der Waals surface area (Å²) in [6.45, 7) is 2.23. The van der Waals surface area contributed by atoms with E-state index in [1.54, 1.807) is 11.3 Å². The summed E-state index contributed by atoms with van der Waals surface area (Å²) in [5, 5.41) is 6.25. The number of rotatable bonds is 7. The molecule has 4 heteroatoms. The predicted molar refractivity (Wildman–Crippen MR) is 100 cm³/mol. The van der Waals surface area contributed by atoms with Gasteiger partial charge in [-0.3, -0.25) is 4.79 Å². The van der Waals surface area contributed by atoms with Gasteiger partial charge in [0, 0.05) is 17.0 Å². The number of aromatic nitrogens is 1. The number of carbonyl (C=O) groups is 1. The molecule has 1 aliphatic carbocycles. The Morgan fingerprint density at radius 3 is 2.92 bits per heavy atom. The van der Waals surface area contributed by atoms with Gasteiger partial charge < -0.3 is 5.32 Å². The zero-order chi connectivity index (χ0) is 16.8. The minimum absolute atomic E-state index is 0.119. The summed E-state index contributed by atoms with van der Waals surface area (Å²) in [7, 11) is 0. The first-order valence-electron chi connectivity index (χ1n) is 9.05. The normalized spacial score (nSPS) is 20.2.